The van der Waals surface area contributed by atoms with E-state index >= 15 is 0 Å². The van der Waals surface area contributed by atoms with Crippen LogP contribution >= 0.6 is 0 Å². The lowest BCUT2D eigenvalue weighted by molar-refractivity contribution is -0.141. The molecule has 1 heterocycles. The molecule has 0 spiro atoms. The van der Waals surface area contributed by atoms with Gasteiger partial charge in [-0.25, -0.2) is 0 Å². The highest BCUT2D eigenvalue weighted by atomic mass is 16.2. The molecule has 0 aromatic heterocycles. The van der Waals surface area contributed by atoms with Crippen LogP contribution in [0, 0.1) is 18.8 Å². The lowest BCUT2D eigenvalue weighted by atomic mass is 9.81. The summed E-state index contributed by atoms with van der Waals surface area (Å²) in [6, 6.07) is 7.78. The second-order valence-electron chi connectivity index (χ2n) is 6.90. The molecule has 2 atom stereocenters. The highest BCUT2D eigenvalue weighted by Crippen LogP contribution is 2.29. The fourth-order valence-corrected chi connectivity index (χ4v) is 3.68. The standard InChI is InChI=1S/C20H26N2O2/c1-15-8-7-9-16(14-15)21-19(23)17-10-3-4-11-18(17)20(24)22-12-5-2-6-13-22/h3-4,7-9,14,17-18H,2,5-6,10-13H2,1H3,(H,21,23). The van der Waals surface area contributed by atoms with E-state index in [1.54, 1.807) is 0 Å². The van der Waals surface area contributed by atoms with Gasteiger partial charge in [0.05, 0.1) is 11.8 Å². The van der Waals surface area contributed by atoms with Crippen LogP contribution in [0.15, 0.2) is 36.4 Å². The fraction of sp³-hybridized carbons (Fsp3) is 0.500. The van der Waals surface area contributed by atoms with Gasteiger partial charge < -0.3 is 10.2 Å². The number of carbonyl (C=O) groups excluding carboxylic acids is 2. The number of likely N-dealkylation sites (tertiary alicyclic amines) is 1. The second-order valence-corrected chi connectivity index (χ2v) is 6.90. The molecule has 1 saturated heterocycles. The summed E-state index contributed by atoms with van der Waals surface area (Å²) in [5.41, 5.74) is 1.91. The summed E-state index contributed by atoms with van der Waals surface area (Å²) in [6.45, 7) is 3.68. The normalized spacial score (nSPS) is 23.8. The molecule has 4 heteroatoms. The SMILES string of the molecule is Cc1cccc(NC(=O)C2CC=CCC2C(=O)N2CCCCC2)c1. The Morgan fingerprint density at radius 2 is 1.75 bits per heavy atom. The number of anilines is 1. The number of carbonyl (C=O) groups is 2. The second kappa shape index (κ2) is 7.65. The van der Waals surface area contributed by atoms with Crippen molar-refractivity contribution in [3.05, 3.63) is 42.0 Å². The predicted octanol–water partition coefficient (Wildman–Crippen LogP) is 3.53. The first kappa shape index (κ1) is 16.7. The molecule has 2 aliphatic rings. The summed E-state index contributed by atoms with van der Waals surface area (Å²) >= 11 is 0. The summed E-state index contributed by atoms with van der Waals surface area (Å²) in [5.74, 6) is -0.383. The Balaban J connectivity index is 1.70. The molecule has 3 rings (SSSR count). The molecule has 0 saturated carbocycles. The van der Waals surface area contributed by atoms with E-state index in [1.807, 2.05) is 48.2 Å². The monoisotopic (exact) mass is 326 g/mol. The van der Waals surface area contributed by atoms with Crippen LogP contribution in [0.1, 0.15) is 37.7 Å². The summed E-state index contributed by atoms with van der Waals surface area (Å²) < 4.78 is 0. The number of benzene rings is 1. The van der Waals surface area contributed by atoms with Gasteiger partial charge in [-0.15, -0.1) is 0 Å². The minimum atomic E-state index is -0.273. The first-order chi connectivity index (χ1) is 11.6. The third-order valence-corrected chi connectivity index (χ3v) is 5.04. The van der Waals surface area contributed by atoms with Crippen LogP contribution < -0.4 is 5.32 Å². The van der Waals surface area contributed by atoms with E-state index in [2.05, 4.69) is 5.32 Å². The number of piperidine rings is 1. The Bertz CT molecular complexity index is 632. The maximum atomic E-state index is 12.9. The molecule has 1 aliphatic heterocycles. The Morgan fingerprint density at radius 3 is 2.46 bits per heavy atom. The van der Waals surface area contributed by atoms with Crippen LogP contribution in [0.5, 0.6) is 0 Å². The van der Waals surface area contributed by atoms with Crippen molar-refractivity contribution in [2.75, 3.05) is 18.4 Å². The number of hydrogen-bond donors (Lipinski definition) is 1. The molecule has 128 valence electrons. The van der Waals surface area contributed by atoms with Gasteiger partial charge in [-0.3, -0.25) is 9.59 Å². The quantitative estimate of drug-likeness (QED) is 0.864. The lowest BCUT2D eigenvalue weighted by Crippen LogP contribution is -2.45. The van der Waals surface area contributed by atoms with Crippen molar-refractivity contribution in [3.63, 3.8) is 0 Å². The van der Waals surface area contributed by atoms with E-state index in [0.29, 0.717) is 12.8 Å². The summed E-state index contributed by atoms with van der Waals surface area (Å²) in [7, 11) is 0. The molecule has 2 unspecified atom stereocenters. The Morgan fingerprint density at radius 1 is 1.04 bits per heavy atom. The van der Waals surface area contributed by atoms with Gasteiger partial charge in [-0.1, -0.05) is 24.3 Å². The van der Waals surface area contributed by atoms with Crippen LogP contribution in [0.4, 0.5) is 5.69 Å². The molecule has 1 aliphatic carbocycles. The number of aryl methyl sites for hydroxylation is 1. The number of nitrogens with zero attached hydrogens (tertiary/aromatic N) is 1. The molecular weight excluding hydrogens is 300 g/mol. The first-order valence-corrected chi connectivity index (χ1v) is 8.96. The third-order valence-electron chi connectivity index (χ3n) is 5.04. The minimum Gasteiger partial charge on any atom is -0.342 e. The number of allylic oxidation sites excluding steroid dienone is 2. The fourth-order valence-electron chi connectivity index (χ4n) is 3.68. The summed E-state index contributed by atoms with van der Waals surface area (Å²) in [5, 5.41) is 3.00. The van der Waals surface area contributed by atoms with Crippen molar-refractivity contribution in [3.8, 4) is 0 Å². The zero-order valence-electron chi connectivity index (χ0n) is 14.3. The van der Waals surface area contributed by atoms with Gasteiger partial charge in [0.25, 0.3) is 0 Å². The summed E-state index contributed by atoms with van der Waals surface area (Å²) in [4.78, 5) is 27.6. The Kier molecular flexibility index (Phi) is 5.34. The van der Waals surface area contributed by atoms with Crippen molar-refractivity contribution in [1.29, 1.82) is 0 Å². The molecule has 0 radical (unpaired) electrons. The summed E-state index contributed by atoms with van der Waals surface area (Å²) in [6.07, 6.45) is 8.74. The molecular formula is C20H26N2O2. The zero-order chi connectivity index (χ0) is 16.9. The number of rotatable bonds is 3. The zero-order valence-corrected chi connectivity index (χ0v) is 14.3. The van der Waals surface area contributed by atoms with Crippen LogP contribution in [0.25, 0.3) is 0 Å². The Hall–Kier alpha value is -2.10. The smallest absolute Gasteiger partial charge is 0.228 e. The van der Waals surface area contributed by atoms with Gasteiger partial charge >= 0.3 is 0 Å². The molecule has 4 nitrogen and oxygen atoms in total. The van der Waals surface area contributed by atoms with E-state index < -0.39 is 0 Å². The maximum Gasteiger partial charge on any atom is 0.228 e. The molecule has 1 fully saturated rings. The third kappa shape index (κ3) is 3.86. The lowest BCUT2D eigenvalue weighted by Gasteiger charge is -2.34. The van der Waals surface area contributed by atoms with Crippen LogP contribution in [-0.2, 0) is 9.59 Å². The molecule has 2 amide bonds. The van der Waals surface area contributed by atoms with Gasteiger partial charge in [0.15, 0.2) is 0 Å². The van der Waals surface area contributed by atoms with E-state index in [0.717, 1.165) is 37.2 Å². The van der Waals surface area contributed by atoms with E-state index in [4.69, 9.17) is 0 Å². The van der Waals surface area contributed by atoms with E-state index in [9.17, 15) is 9.59 Å². The van der Waals surface area contributed by atoms with Gasteiger partial charge in [0.2, 0.25) is 11.8 Å². The van der Waals surface area contributed by atoms with Gasteiger partial charge in [0.1, 0.15) is 0 Å². The predicted molar refractivity (Wildman–Crippen MR) is 95.6 cm³/mol. The molecule has 1 aromatic rings. The largest absolute Gasteiger partial charge is 0.342 e. The minimum absolute atomic E-state index is 0.0414. The number of amides is 2. The topological polar surface area (TPSA) is 49.4 Å². The molecule has 0 bridgehead atoms. The maximum absolute atomic E-state index is 12.9. The van der Waals surface area contributed by atoms with E-state index in [-0.39, 0.29) is 23.7 Å². The average Bonchev–Trinajstić information content (AvgIpc) is 2.62. The highest BCUT2D eigenvalue weighted by molar-refractivity contribution is 5.96. The van der Waals surface area contributed by atoms with Crippen molar-refractivity contribution in [2.45, 2.75) is 39.0 Å². The number of nitrogens with one attached hydrogen (secondary N) is 1. The first-order valence-electron chi connectivity index (χ1n) is 8.96. The molecule has 1 aromatic carbocycles. The van der Waals surface area contributed by atoms with Crippen molar-refractivity contribution < 1.29 is 9.59 Å². The average molecular weight is 326 g/mol. The van der Waals surface area contributed by atoms with Crippen molar-refractivity contribution in [2.24, 2.45) is 11.8 Å². The van der Waals surface area contributed by atoms with E-state index in [1.165, 1.54) is 6.42 Å². The van der Waals surface area contributed by atoms with Crippen LogP contribution in [0.3, 0.4) is 0 Å². The molecule has 24 heavy (non-hydrogen) atoms. The van der Waals surface area contributed by atoms with Crippen molar-refractivity contribution >= 4 is 17.5 Å². The number of hydrogen-bond acceptors (Lipinski definition) is 2. The van der Waals surface area contributed by atoms with Gasteiger partial charge in [-0.2, -0.15) is 0 Å². The highest BCUT2D eigenvalue weighted by Gasteiger charge is 2.36. The van der Waals surface area contributed by atoms with Gasteiger partial charge in [0, 0.05) is 18.8 Å². The van der Waals surface area contributed by atoms with Crippen LogP contribution in [-0.4, -0.2) is 29.8 Å². The molecule has 1 N–H and O–H groups in total. The van der Waals surface area contributed by atoms with Crippen LogP contribution in [0.2, 0.25) is 0 Å². The van der Waals surface area contributed by atoms with Crippen molar-refractivity contribution in [1.82, 2.24) is 4.90 Å². The van der Waals surface area contributed by atoms with Gasteiger partial charge in [-0.05, 0) is 56.7 Å². The Labute approximate surface area is 143 Å².